The number of rotatable bonds is 4. The number of benzene rings is 2. The van der Waals surface area contributed by atoms with E-state index in [9.17, 15) is 13.2 Å². The van der Waals surface area contributed by atoms with Crippen molar-refractivity contribution in [1.82, 2.24) is 9.97 Å². The second-order valence-electron chi connectivity index (χ2n) is 5.10. The van der Waals surface area contributed by atoms with E-state index >= 15 is 0 Å². The van der Waals surface area contributed by atoms with Crippen LogP contribution in [0.25, 0.3) is 11.0 Å². The van der Waals surface area contributed by atoms with E-state index in [0.29, 0.717) is 17.0 Å². The predicted molar refractivity (Wildman–Crippen MR) is 87.4 cm³/mol. The average molecular weight is 349 g/mol. The summed E-state index contributed by atoms with van der Waals surface area (Å²) >= 11 is 0. The number of alkyl halides is 3. The largest absolute Gasteiger partial charge is 0.497 e. The molecule has 0 bridgehead atoms. The minimum Gasteiger partial charge on any atom is -0.497 e. The van der Waals surface area contributed by atoms with Gasteiger partial charge in [0.25, 0.3) is 0 Å². The summed E-state index contributed by atoms with van der Waals surface area (Å²) in [7, 11) is 2.88. The van der Waals surface area contributed by atoms with Gasteiger partial charge in [0.15, 0.2) is 11.5 Å². The smallest absolute Gasteiger partial charge is 0.437 e. The molecule has 2 aromatic carbocycles. The first kappa shape index (κ1) is 16.8. The molecule has 0 amide bonds. The van der Waals surface area contributed by atoms with E-state index in [-0.39, 0.29) is 11.2 Å². The van der Waals surface area contributed by atoms with Crippen LogP contribution in [0.1, 0.15) is 5.69 Å². The molecule has 3 rings (SSSR count). The van der Waals surface area contributed by atoms with Gasteiger partial charge >= 0.3 is 6.18 Å². The van der Waals surface area contributed by atoms with Crippen LogP contribution in [0.3, 0.4) is 0 Å². The number of methoxy groups -OCH3 is 2. The van der Waals surface area contributed by atoms with E-state index in [2.05, 4.69) is 15.3 Å². The fourth-order valence-corrected chi connectivity index (χ4v) is 2.32. The van der Waals surface area contributed by atoms with Gasteiger partial charge in [0, 0.05) is 6.07 Å². The molecule has 1 aromatic heterocycles. The molecule has 0 fully saturated rings. The average Bonchev–Trinajstić information content (AvgIpc) is 2.60. The second kappa shape index (κ2) is 6.46. The molecule has 3 aromatic rings. The number of ether oxygens (including phenoxy) is 2. The van der Waals surface area contributed by atoms with Crippen molar-refractivity contribution in [2.45, 2.75) is 6.18 Å². The fraction of sp³-hybridized carbons (Fsp3) is 0.176. The van der Waals surface area contributed by atoms with Gasteiger partial charge in [-0.2, -0.15) is 13.2 Å². The van der Waals surface area contributed by atoms with Gasteiger partial charge in [-0.1, -0.05) is 12.1 Å². The van der Waals surface area contributed by atoms with Crippen LogP contribution in [0.2, 0.25) is 0 Å². The normalized spacial score (nSPS) is 11.4. The Bertz CT molecular complexity index is 913. The van der Waals surface area contributed by atoms with Crippen LogP contribution >= 0.6 is 0 Å². The Morgan fingerprint density at radius 1 is 0.920 bits per heavy atom. The van der Waals surface area contributed by atoms with Crippen LogP contribution in [0, 0.1) is 0 Å². The molecule has 0 radical (unpaired) electrons. The molecule has 0 unspecified atom stereocenters. The zero-order valence-electron chi connectivity index (χ0n) is 13.4. The van der Waals surface area contributed by atoms with Crippen LogP contribution in [0.4, 0.5) is 24.7 Å². The molecule has 8 heteroatoms. The monoisotopic (exact) mass is 349 g/mol. The van der Waals surface area contributed by atoms with E-state index < -0.39 is 17.7 Å². The van der Waals surface area contributed by atoms with E-state index in [4.69, 9.17) is 9.47 Å². The lowest BCUT2D eigenvalue weighted by Crippen LogP contribution is -2.13. The molecular formula is C17H14F3N3O2. The van der Waals surface area contributed by atoms with Gasteiger partial charge in [-0.05, 0) is 24.3 Å². The Hall–Kier alpha value is -3.03. The molecule has 1 heterocycles. The Morgan fingerprint density at radius 2 is 1.60 bits per heavy atom. The number of anilines is 2. The van der Waals surface area contributed by atoms with Crippen LogP contribution in [-0.4, -0.2) is 24.2 Å². The number of para-hydroxylation sites is 2. The fourth-order valence-electron chi connectivity index (χ4n) is 2.32. The third kappa shape index (κ3) is 3.42. The van der Waals surface area contributed by atoms with Crippen molar-refractivity contribution in [3.63, 3.8) is 0 Å². The van der Waals surface area contributed by atoms with Gasteiger partial charge in [0.1, 0.15) is 11.5 Å². The van der Waals surface area contributed by atoms with Crippen molar-refractivity contribution >= 4 is 22.5 Å². The molecule has 130 valence electrons. The standard InChI is InChI=1S/C17H14F3N3O2/c1-24-10-7-8-14(25-2)13(9-10)23-16-15(17(18,19)20)21-11-5-3-4-6-12(11)22-16/h3-9H,1-2H3,(H,22,23). The lowest BCUT2D eigenvalue weighted by Gasteiger charge is -2.16. The molecule has 0 aliphatic carbocycles. The van der Waals surface area contributed by atoms with Crippen molar-refractivity contribution in [3.05, 3.63) is 48.2 Å². The zero-order valence-corrected chi connectivity index (χ0v) is 13.4. The van der Waals surface area contributed by atoms with Crippen LogP contribution < -0.4 is 14.8 Å². The van der Waals surface area contributed by atoms with Crippen molar-refractivity contribution in [3.8, 4) is 11.5 Å². The highest BCUT2D eigenvalue weighted by Gasteiger charge is 2.37. The summed E-state index contributed by atoms with van der Waals surface area (Å²) in [4.78, 5) is 7.80. The molecule has 0 spiro atoms. The summed E-state index contributed by atoms with van der Waals surface area (Å²) in [5, 5.41) is 2.67. The highest BCUT2D eigenvalue weighted by molar-refractivity contribution is 5.78. The minimum absolute atomic E-state index is 0.165. The molecule has 0 saturated heterocycles. The van der Waals surface area contributed by atoms with Gasteiger partial charge < -0.3 is 14.8 Å². The van der Waals surface area contributed by atoms with Crippen LogP contribution in [0.15, 0.2) is 42.5 Å². The Morgan fingerprint density at radius 3 is 2.20 bits per heavy atom. The third-order valence-corrected chi connectivity index (χ3v) is 3.50. The molecule has 5 nitrogen and oxygen atoms in total. The number of hydrogen-bond donors (Lipinski definition) is 1. The summed E-state index contributed by atoms with van der Waals surface area (Å²) in [6.45, 7) is 0. The zero-order chi connectivity index (χ0) is 18.0. The van der Waals surface area contributed by atoms with Gasteiger partial charge in [-0.15, -0.1) is 0 Å². The maximum atomic E-state index is 13.4. The second-order valence-corrected chi connectivity index (χ2v) is 5.10. The van der Waals surface area contributed by atoms with Crippen molar-refractivity contribution in [2.75, 3.05) is 19.5 Å². The first-order valence-corrected chi connectivity index (χ1v) is 7.25. The lowest BCUT2D eigenvalue weighted by atomic mass is 10.2. The summed E-state index contributed by atoms with van der Waals surface area (Å²) < 4.78 is 50.5. The quantitative estimate of drug-likeness (QED) is 0.756. The first-order chi connectivity index (χ1) is 11.9. The Kier molecular flexibility index (Phi) is 4.35. The van der Waals surface area contributed by atoms with E-state index in [1.54, 1.807) is 30.3 Å². The van der Waals surface area contributed by atoms with Gasteiger partial charge in [0.2, 0.25) is 0 Å². The molecule has 0 saturated carbocycles. The predicted octanol–water partition coefficient (Wildman–Crippen LogP) is 4.41. The van der Waals surface area contributed by atoms with Crippen LogP contribution in [-0.2, 0) is 6.18 Å². The van der Waals surface area contributed by atoms with Gasteiger partial charge in [-0.3, -0.25) is 0 Å². The van der Waals surface area contributed by atoms with Gasteiger partial charge in [-0.25, -0.2) is 9.97 Å². The molecular weight excluding hydrogens is 335 g/mol. The maximum Gasteiger partial charge on any atom is 0.437 e. The van der Waals surface area contributed by atoms with Crippen molar-refractivity contribution in [2.24, 2.45) is 0 Å². The van der Waals surface area contributed by atoms with E-state index in [0.717, 1.165) is 0 Å². The number of aromatic nitrogens is 2. The van der Waals surface area contributed by atoms with E-state index in [1.165, 1.54) is 26.4 Å². The van der Waals surface area contributed by atoms with Crippen molar-refractivity contribution < 1.29 is 22.6 Å². The number of nitrogens with one attached hydrogen (secondary N) is 1. The minimum atomic E-state index is -4.66. The van der Waals surface area contributed by atoms with Gasteiger partial charge in [0.05, 0.1) is 30.9 Å². The molecule has 0 aliphatic heterocycles. The molecule has 0 atom stereocenters. The number of nitrogens with zero attached hydrogens (tertiary/aromatic N) is 2. The van der Waals surface area contributed by atoms with Crippen LogP contribution in [0.5, 0.6) is 11.5 Å². The van der Waals surface area contributed by atoms with E-state index in [1.807, 2.05) is 0 Å². The molecule has 25 heavy (non-hydrogen) atoms. The summed E-state index contributed by atoms with van der Waals surface area (Å²) in [5.41, 5.74) is -0.300. The Labute approximate surface area is 141 Å². The highest BCUT2D eigenvalue weighted by Crippen LogP contribution is 2.37. The SMILES string of the molecule is COc1ccc(OC)c(Nc2nc3ccccc3nc2C(F)(F)F)c1. The summed E-state index contributed by atoms with van der Waals surface area (Å²) in [5.74, 6) is 0.409. The summed E-state index contributed by atoms with van der Waals surface area (Å²) in [6.07, 6.45) is -4.66. The topological polar surface area (TPSA) is 56.3 Å². The summed E-state index contributed by atoms with van der Waals surface area (Å²) in [6, 6.07) is 11.1. The number of hydrogen-bond acceptors (Lipinski definition) is 5. The number of fused-ring (bicyclic) bond motifs is 1. The van der Waals surface area contributed by atoms with Crippen molar-refractivity contribution in [1.29, 1.82) is 0 Å². The highest BCUT2D eigenvalue weighted by atomic mass is 19.4. The third-order valence-electron chi connectivity index (χ3n) is 3.50. The lowest BCUT2D eigenvalue weighted by molar-refractivity contribution is -0.140. The Balaban J connectivity index is 2.15. The first-order valence-electron chi connectivity index (χ1n) is 7.25. The maximum absolute atomic E-state index is 13.4. The number of halogens is 3. The molecule has 0 aliphatic rings. The molecule has 1 N–H and O–H groups in total.